The molecule has 0 aliphatic rings. The van der Waals surface area contributed by atoms with E-state index in [0.717, 1.165) is 0 Å². The normalized spacial score (nSPS) is 9.38. The molecule has 16 heavy (non-hydrogen) atoms. The van der Waals surface area contributed by atoms with Crippen molar-refractivity contribution in [3.63, 3.8) is 0 Å². The molecule has 4 heteroatoms. The van der Waals surface area contributed by atoms with Crippen LogP contribution in [0.25, 0.3) is 0 Å². The van der Waals surface area contributed by atoms with Crippen molar-refractivity contribution < 1.29 is 9.90 Å². The third-order valence-corrected chi connectivity index (χ3v) is 2.33. The van der Waals surface area contributed by atoms with Crippen LogP contribution in [0.2, 0.25) is 5.02 Å². The Kier molecular flexibility index (Phi) is 5.24. The molecule has 0 aromatic heterocycles. The van der Waals surface area contributed by atoms with Gasteiger partial charge in [0.25, 0.3) is 0 Å². The molecule has 0 aliphatic carbocycles. The molecule has 0 atom stereocenters. The summed E-state index contributed by atoms with van der Waals surface area (Å²) in [5, 5.41) is 9.27. The molecule has 0 heterocycles. The topological polar surface area (TPSA) is 37.3 Å². The lowest BCUT2D eigenvalue weighted by atomic mass is 10.0. The predicted molar refractivity (Wildman–Crippen MR) is 68.1 cm³/mol. The highest BCUT2D eigenvalue weighted by Crippen LogP contribution is 2.16. The number of aliphatic carboxylic acids is 1. The van der Waals surface area contributed by atoms with Gasteiger partial charge >= 0.3 is 5.97 Å². The lowest BCUT2D eigenvalue weighted by molar-refractivity contribution is -0.136. The van der Waals surface area contributed by atoms with E-state index >= 15 is 0 Å². The van der Waals surface area contributed by atoms with Gasteiger partial charge in [-0.15, -0.1) is 0 Å². The van der Waals surface area contributed by atoms with Crippen molar-refractivity contribution in [2.75, 3.05) is 5.75 Å². The number of carboxylic acids is 1. The number of benzene rings is 1. The van der Waals surface area contributed by atoms with E-state index < -0.39 is 5.97 Å². The second kappa shape index (κ2) is 6.47. The fraction of sp³-hybridized carbons (Fsp3) is 0.250. The Bertz CT molecular complexity index is 446. The number of carboxylic acid groups (broad SMARTS) is 1. The smallest absolute Gasteiger partial charge is 0.307 e. The van der Waals surface area contributed by atoms with E-state index in [2.05, 4.69) is 24.5 Å². The van der Waals surface area contributed by atoms with E-state index in [9.17, 15) is 4.79 Å². The van der Waals surface area contributed by atoms with Crippen molar-refractivity contribution in [3.8, 4) is 11.8 Å². The first kappa shape index (κ1) is 13.0. The second-order valence-corrected chi connectivity index (χ2v) is 4.03. The minimum Gasteiger partial charge on any atom is -0.481 e. The molecule has 0 unspecified atom stereocenters. The Balaban J connectivity index is 2.99. The monoisotopic (exact) mass is 254 g/mol. The molecule has 1 aromatic rings. The van der Waals surface area contributed by atoms with Crippen LogP contribution < -0.4 is 0 Å². The van der Waals surface area contributed by atoms with E-state index in [-0.39, 0.29) is 6.42 Å². The molecule has 0 amide bonds. The van der Waals surface area contributed by atoms with E-state index in [1.165, 1.54) is 0 Å². The summed E-state index contributed by atoms with van der Waals surface area (Å²) < 4.78 is 0. The van der Waals surface area contributed by atoms with Gasteiger partial charge in [0, 0.05) is 22.8 Å². The van der Waals surface area contributed by atoms with Crippen LogP contribution in [0.4, 0.5) is 0 Å². The van der Waals surface area contributed by atoms with Crippen molar-refractivity contribution in [2.45, 2.75) is 12.8 Å². The number of halogens is 1. The number of rotatable bonds is 3. The van der Waals surface area contributed by atoms with E-state index in [1.807, 2.05) is 0 Å². The molecule has 0 saturated heterocycles. The van der Waals surface area contributed by atoms with Crippen molar-refractivity contribution in [3.05, 3.63) is 34.3 Å². The average molecular weight is 255 g/mol. The standard InChI is InChI=1S/C12H11ClO2S/c13-11-5-4-9(3-1-2-6-16)10(7-11)8-12(14)15/h4-5,7,16H,2,6,8H2,(H,14,15). The lowest BCUT2D eigenvalue weighted by Crippen LogP contribution is -2.02. The zero-order chi connectivity index (χ0) is 12.0. The first-order valence-electron chi connectivity index (χ1n) is 4.73. The molecule has 0 radical (unpaired) electrons. The Hall–Kier alpha value is -1.11. The molecule has 1 rings (SSSR count). The van der Waals surface area contributed by atoms with Crippen molar-refractivity contribution in [1.82, 2.24) is 0 Å². The van der Waals surface area contributed by atoms with Gasteiger partial charge in [-0.25, -0.2) is 0 Å². The molecule has 0 saturated carbocycles. The Morgan fingerprint density at radius 1 is 1.50 bits per heavy atom. The van der Waals surface area contributed by atoms with Crippen molar-refractivity contribution in [1.29, 1.82) is 0 Å². The Morgan fingerprint density at radius 3 is 2.88 bits per heavy atom. The summed E-state index contributed by atoms with van der Waals surface area (Å²) in [6, 6.07) is 5.09. The van der Waals surface area contributed by atoms with Gasteiger partial charge < -0.3 is 5.11 Å². The van der Waals surface area contributed by atoms with Crippen LogP contribution in [0, 0.1) is 11.8 Å². The van der Waals surface area contributed by atoms with E-state index in [4.69, 9.17) is 16.7 Å². The summed E-state index contributed by atoms with van der Waals surface area (Å²) in [5.41, 5.74) is 1.36. The van der Waals surface area contributed by atoms with E-state index in [1.54, 1.807) is 18.2 Å². The van der Waals surface area contributed by atoms with Crippen LogP contribution in [0.5, 0.6) is 0 Å². The molecule has 0 bridgehead atoms. The summed E-state index contributed by atoms with van der Waals surface area (Å²) in [7, 11) is 0. The highest BCUT2D eigenvalue weighted by molar-refractivity contribution is 7.80. The molecular formula is C12H11ClO2S. The van der Waals surface area contributed by atoms with Gasteiger partial charge in [-0.2, -0.15) is 12.6 Å². The average Bonchev–Trinajstić information content (AvgIpc) is 2.20. The molecule has 0 aliphatic heterocycles. The van der Waals surface area contributed by atoms with Gasteiger partial charge in [0.15, 0.2) is 0 Å². The first-order valence-corrected chi connectivity index (χ1v) is 5.74. The van der Waals surface area contributed by atoms with Crippen LogP contribution >= 0.6 is 24.2 Å². The van der Waals surface area contributed by atoms with Gasteiger partial charge in [-0.3, -0.25) is 4.79 Å². The Morgan fingerprint density at radius 2 is 2.25 bits per heavy atom. The maximum Gasteiger partial charge on any atom is 0.307 e. The largest absolute Gasteiger partial charge is 0.481 e. The van der Waals surface area contributed by atoms with Crippen LogP contribution in [0.15, 0.2) is 18.2 Å². The minimum atomic E-state index is -0.889. The van der Waals surface area contributed by atoms with Gasteiger partial charge in [-0.05, 0) is 23.8 Å². The molecule has 1 N–H and O–H groups in total. The van der Waals surface area contributed by atoms with Crippen LogP contribution in [-0.2, 0) is 11.2 Å². The number of carbonyl (C=O) groups is 1. The second-order valence-electron chi connectivity index (χ2n) is 3.15. The maximum atomic E-state index is 10.7. The molecule has 0 spiro atoms. The summed E-state index contributed by atoms with van der Waals surface area (Å²) in [6.07, 6.45) is 0.615. The van der Waals surface area contributed by atoms with Crippen LogP contribution in [0.3, 0.4) is 0 Å². The third kappa shape index (κ3) is 4.18. The van der Waals surface area contributed by atoms with E-state index in [0.29, 0.717) is 28.3 Å². The SMILES string of the molecule is O=C(O)Cc1cc(Cl)ccc1C#CCCS. The third-order valence-electron chi connectivity index (χ3n) is 1.87. The zero-order valence-corrected chi connectivity index (χ0v) is 10.2. The van der Waals surface area contributed by atoms with Crippen molar-refractivity contribution in [2.24, 2.45) is 0 Å². The van der Waals surface area contributed by atoms with Gasteiger partial charge in [0.2, 0.25) is 0 Å². The lowest BCUT2D eigenvalue weighted by Gasteiger charge is -2.02. The zero-order valence-electron chi connectivity index (χ0n) is 8.53. The van der Waals surface area contributed by atoms with Gasteiger partial charge in [0.05, 0.1) is 6.42 Å². The number of hydrogen-bond donors (Lipinski definition) is 2. The fourth-order valence-corrected chi connectivity index (χ4v) is 1.51. The molecule has 1 aromatic carbocycles. The molecule has 0 fully saturated rings. The van der Waals surface area contributed by atoms with Gasteiger partial charge in [0.1, 0.15) is 0 Å². The summed E-state index contributed by atoms with van der Waals surface area (Å²) >= 11 is 9.86. The first-order chi connectivity index (χ1) is 7.63. The summed E-state index contributed by atoms with van der Waals surface area (Å²) in [6.45, 7) is 0. The van der Waals surface area contributed by atoms with Gasteiger partial charge in [-0.1, -0.05) is 23.4 Å². The highest BCUT2D eigenvalue weighted by atomic mass is 35.5. The summed E-state index contributed by atoms with van der Waals surface area (Å²) in [4.78, 5) is 10.7. The van der Waals surface area contributed by atoms with Crippen LogP contribution in [0.1, 0.15) is 17.5 Å². The van der Waals surface area contributed by atoms with Crippen LogP contribution in [-0.4, -0.2) is 16.8 Å². The number of hydrogen-bond acceptors (Lipinski definition) is 2. The molecule has 2 nitrogen and oxygen atoms in total. The quantitative estimate of drug-likeness (QED) is 0.643. The minimum absolute atomic E-state index is 0.0640. The summed E-state index contributed by atoms with van der Waals surface area (Å²) in [5.74, 6) is 5.65. The number of thiol groups is 1. The maximum absolute atomic E-state index is 10.7. The molecule has 84 valence electrons. The van der Waals surface area contributed by atoms with Crippen molar-refractivity contribution >= 4 is 30.2 Å². The highest BCUT2D eigenvalue weighted by Gasteiger charge is 2.05. The predicted octanol–water partition coefficient (Wildman–Crippen LogP) is 2.64. The molecular weight excluding hydrogens is 244 g/mol. The fourth-order valence-electron chi connectivity index (χ4n) is 1.21. The Labute approximate surface area is 105 Å².